The molecule has 1 aromatic carbocycles. The molecule has 0 spiro atoms. The number of aryl methyl sites for hydroxylation is 1. The van der Waals surface area contributed by atoms with Crippen LogP contribution in [0.1, 0.15) is 26.1 Å². The molecule has 0 radical (unpaired) electrons. The van der Waals surface area contributed by atoms with Gasteiger partial charge in [-0.1, -0.05) is 13.8 Å². The summed E-state index contributed by atoms with van der Waals surface area (Å²) in [6.07, 6.45) is 1.72. The minimum Gasteiger partial charge on any atom is -0.439 e. The van der Waals surface area contributed by atoms with E-state index in [1.54, 1.807) is 18.2 Å². The number of hydrogen-bond donors (Lipinski definition) is 1. The molecule has 4 nitrogen and oxygen atoms in total. The number of anilines is 1. The topological polar surface area (TPSA) is 47.0 Å². The lowest BCUT2D eigenvalue weighted by Crippen LogP contribution is -2.05. The monoisotopic (exact) mass is 353 g/mol. The molecule has 0 saturated heterocycles. The number of ether oxygens (including phenoxy) is 1. The van der Waals surface area contributed by atoms with Gasteiger partial charge in [0.2, 0.25) is 5.88 Å². The Bertz CT molecular complexity index is 622. The molecule has 2 rings (SSSR count). The summed E-state index contributed by atoms with van der Waals surface area (Å²) in [5, 5.41) is 3.22. The van der Waals surface area contributed by atoms with Crippen LogP contribution in [0.3, 0.4) is 0 Å². The van der Waals surface area contributed by atoms with Crippen molar-refractivity contribution in [2.45, 2.75) is 26.7 Å². The molecule has 0 fully saturated rings. The van der Waals surface area contributed by atoms with Crippen molar-refractivity contribution in [2.24, 2.45) is 0 Å². The van der Waals surface area contributed by atoms with E-state index < -0.39 is 0 Å². The van der Waals surface area contributed by atoms with Gasteiger partial charge in [-0.05, 0) is 40.5 Å². The fourth-order valence-corrected chi connectivity index (χ4v) is 2.05. The van der Waals surface area contributed by atoms with Gasteiger partial charge in [-0.15, -0.1) is 0 Å². The van der Waals surface area contributed by atoms with Crippen LogP contribution in [0.25, 0.3) is 0 Å². The average molecular weight is 354 g/mol. The SMILES string of the molecule is CCCNc1cc(Oc2ccc(F)c(Br)c2)nc(CC)n1. The van der Waals surface area contributed by atoms with Crippen LogP contribution in [-0.2, 0) is 6.42 Å². The number of halogens is 2. The second-order valence-electron chi connectivity index (χ2n) is 4.47. The highest BCUT2D eigenvalue weighted by Gasteiger charge is 2.07. The highest BCUT2D eigenvalue weighted by Crippen LogP contribution is 2.26. The van der Waals surface area contributed by atoms with E-state index in [-0.39, 0.29) is 5.82 Å². The van der Waals surface area contributed by atoms with E-state index >= 15 is 0 Å². The molecule has 6 heteroatoms. The summed E-state index contributed by atoms with van der Waals surface area (Å²) < 4.78 is 19.3. The second-order valence-corrected chi connectivity index (χ2v) is 5.32. The first kappa shape index (κ1) is 15.7. The minimum absolute atomic E-state index is 0.329. The Balaban J connectivity index is 2.23. The molecular formula is C15H17BrFN3O. The zero-order valence-corrected chi connectivity index (χ0v) is 13.6. The number of hydrogen-bond acceptors (Lipinski definition) is 4. The normalized spacial score (nSPS) is 10.5. The van der Waals surface area contributed by atoms with E-state index in [4.69, 9.17) is 4.74 Å². The minimum atomic E-state index is -0.329. The van der Waals surface area contributed by atoms with E-state index in [0.717, 1.165) is 18.8 Å². The van der Waals surface area contributed by atoms with E-state index in [2.05, 4.69) is 38.1 Å². The van der Waals surface area contributed by atoms with E-state index in [1.807, 2.05) is 6.92 Å². The van der Waals surface area contributed by atoms with Crippen molar-refractivity contribution in [1.29, 1.82) is 0 Å². The van der Waals surface area contributed by atoms with Crippen LogP contribution in [0.15, 0.2) is 28.7 Å². The quantitative estimate of drug-likeness (QED) is 0.827. The third-order valence-corrected chi connectivity index (χ3v) is 3.34. The standard InChI is InChI=1S/C15H17BrFN3O/c1-3-7-18-14-9-15(20-13(4-2)19-14)21-10-5-6-12(17)11(16)8-10/h5-6,8-9H,3-4,7H2,1-2H3,(H,18,19,20). The van der Waals surface area contributed by atoms with Gasteiger partial charge >= 0.3 is 0 Å². The van der Waals surface area contributed by atoms with Crippen LogP contribution >= 0.6 is 15.9 Å². The largest absolute Gasteiger partial charge is 0.439 e. The molecule has 0 aliphatic rings. The summed E-state index contributed by atoms with van der Waals surface area (Å²) in [6, 6.07) is 6.22. The molecular weight excluding hydrogens is 337 g/mol. The predicted molar refractivity (Wildman–Crippen MR) is 84.4 cm³/mol. The van der Waals surface area contributed by atoms with E-state index in [1.165, 1.54) is 6.07 Å². The molecule has 1 heterocycles. The maximum absolute atomic E-state index is 13.2. The van der Waals surface area contributed by atoms with Gasteiger partial charge in [0.05, 0.1) is 4.47 Å². The van der Waals surface area contributed by atoms with Crippen molar-refractivity contribution >= 4 is 21.7 Å². The summed E-state index contributed by atoms with van der Waals surface area (Å²) >= 11 is 3.14. The first-order valence-electron chi connectivity index (χ1n) is 6.87. The van der Waals surface area contributed by atoms with Crippen molar-refractivity contribution in [3.05, 3.63) is 40.4 Å². The maximum atomic E-state index is 13.2. The first-order valence-corrected chi connectivity index (χ1v) is 7.66. The molecule has 1 aromatic heterocycles. The Morgan fingerprint density at radius 1 is 1.24 bits per heavy atom. The summed E-state index contributed by atoms with van der Waals surface area (Å²) in [6.45, 7) is 4.90. The van der Waals surface area contributed by atoms with Crippen molar-refractivity contribution in [3.63, 3.8) is 0 Å². The molecule has 0 amide bonds. The third kappa shape index (κ3) is 4.39. The Kier molecular flexibility index (Phi) is 5.50. The number of rotatable bonds is 6. The lowest BCUT2D eigenvalue weighted by atomic mass is 10.3. The molecule has 21 heavy (non-hydrogen) atoms. The van der Waals surface area contributed by atoms with Crippen LogP contribution in [0.2, 0.25) is 0 Å². The van der Waals surface area contributed by atoms with Gasteiger partial charge in [0, 0.05) is 19.0 Å². The van der Waals surface area contributed by atoms with Gasteiger partial charge in [0.15, 0.2) is 0 Å². The lowest BCUT2D eigenvalue weighted by Gasteiger charge is -2.10. The molecule has 0 atom stereocenters. The van der Waals surface area contributed by atoms with Gasteiger partial charge in [-0.25, -0.2) is 9.37 Å². The molecule has 0 saturated carbocycles. The van der Waals surface area contributed by atoms with Gasteiger partial charge < -0.3 is 10.1 Å². The van der Waals surface area contributed by atoms with Crippen LogP contribution in [-0.4, -0.2) is 16.5 Å². The molecule has 0 aliphatic carbocycles. The van der Waals surface area contributed by atoms with Gasteiger partial charge in [0.25, 0.3) is 0 Å². The van der Waals surface area contributed by atoms with Crippen LogP contribution in [0, 0.1) is 5.82 Å². The number of aromatic nitrogens is 2. The summed E-state index contributed by atoms with van der Waals surface area (Å²) in [5.74, 6) is 2.07. The Labute approximate surface area is 131 Å². The zero-order valence-electron chi connectivity index (χ0n) is 12.0. The zero-order chi connectivity index (χ0) is 15.2. The second kappa shape index (κ2) is 7.36. The summed E-state index contributed by atoms with van der Waals surface area (Å²) in [5.41, 5.74) is 0. The van der Waals surface area contributed by atoms with Gasteiger partial charge in [0.1, 0.15) is 23.2 Å². The van der Waals surface area contributed by atoms with Crippen molar-refractivity contribution in [2.75, 3.05) is 11.9 Å². The third-order valence-electron chi connectivity index (χ3n) is 2.73. The fraction of sp³-hybridized carbons (Fsp3) is 0.333. The molecule has 2 aromatic rings. The molecule has 0 aliphatic heterocycles. The Hall–Kier alpha value is -1.69. The highest BCUT2D eigenvalue weighted by atomic mass is 79.9. The fourth-order valence-electron chi connectivity index (χ4n) is 1.69. The number of benzene rings is 1. The molecule has 0 bridgehead atoms. The van der Waals surface area contributed by atoms with Crippen LogP contribution < -0.4 is 10.1 Å². The average Bonchev–Trinajstić information content (AvgIpc) is 2.48. The Morgan fingerprint density at radius 2 is 2.05 bits per heavy atom. The summed E-state index contributed by atoms with van der Waals surface area (Å²) in [4.78, 5) is 8.72. The van der Waals surface area contributed by atoms with Gasteiger partial charge in [-0.3, -0.25) is 0 Å². The molecule has 112 valence electrons. The molecule has 1 N–H and O–H groups in total. The Morgan fingerprint density at radius 3 is 2.71 bits per heavy atom. The van der Waals surface area contributed by atoms with Crippen molar-refractivity contribution < 1.29 is 9.13 Å². The first-order chi connectivity index (χ1) is 10.1. The van der Waals surface area contributed by atoms with Crippen molar-refractivity contribution in [1.82, 2.24) is 9.97 Å². The van der Waals surface area contributed by atoms with E-state index in [0.29, 0.717) is 28.3 Å². The maximum Gasteiger partial charge on any atom is 0.224 e. The lowest BCUT2D eigenvalue weighted by molar-refractivity contribution is 0.457. The summed E-state index contributed by atoms with van der Waals surface area (Å²) in [7, 11) is 0. The van der Waals surface area contributed by atoms with Gasteiger partial charge in [-0.2, -0.15) is 4.98 Å². The highest BCUT2D eigenvalue weighted by molar-refractivity contribution is 9.10. The predicted octanol–water partition coefficient (Wildman–Crippen LogP) is 4.55. The van der Waals surface area contributed by atoms with Crippen LogP contribution in [0.4, 0.5) is 10.2 Å². The number of nitrogens with one attached hydrogen (secondary N) is 1. The van der Waals surface area contributed by atoms with Crippen LogP contribution in [0.5, 0.6) is 11.6 Å². The smallest absolute Gasteiger partial charge is 0.224 e. The number of nitrogens with zero attached hydrogens (tertiary/aromatic N) is 2. The van der Waals surface area contributed by atoms with E-state index in [9.17, 15) is 4.39 Å². The van der Waals surface area contributed by atoms with Crippen molar-refractivity contribution in [3.8, 4) is 11.6 Å². The molecule has 0 unspecified atom stereocenters.